The van der Waals surface area contributed by atoms with Crippen molar-refractivity contribution in [2.24, 2.45) is 5.92 Å². The minimum Gasteiger partial charge on any atom is -0.492 e. The minimum absolute atomic E-state index is 0.301. The van der Waals surface area contributed by atoms with Gasteiger partial charge < -0.3 is 4.74 Å². The molecule has 0 saturated heterocycles. The fraction of sp³-hybridized carbons (Fsp3) is 0.300. The molecule has 0 heterocycles. The lowest BCUT2D eigenvalue weighted by molar-refractivity contribution is 0.282. The maximum atomic E-state index is 5.52. The van der Waals surface area contributed by atoms with E-state index in [-0.39, 0.29) is 0 Å². The summed E-state index contributed by atoms with van der Waals surface area (Å²) in [6.45, 7) is 6.51. The molecule has 1 rings (SSSR count). The highest BCUT2D eigenvalue weighted by Gasteiger charge is 2.02. The van der Waals surface area contributed by atoms with E-state index in [2.05, 4.69) is 38.8 Å². The number of benzene rings is 1. The first-order valence-corrected chi connectivity index (χ1v) is 5.59. The molecule has 13 heavy (non-hydrogen) atoms. The van der Waals surface area contributed by atoms with Gasteiger partial charge in [-0.1, -0.05) is 22.9 Å². The Morgan fingerprint density at radius 1 is 1.46 bits per heavy atom. The van der Waals surface area contributed by atoms with Gasteiger partial charge in [0.15, 0.2) is 0 Å². The van der Waals surface area contributed by atoms with Gasteiger partial charge in [-0.2, -0.15) is 0 Å². The molecule has 1 radical (unpaired) electrons. The van der Waals surface area contributed by atoms with Crippen molar-refractivity contribution < 1.29 is 4.74 Å². The molecule has 0 amide bonds. The van der Waals surface area contributed by atoms with Crippen molar-refractivity contribution in [3.8, 4) is 5.75 Å². The van der Waals surface area contributed by atoms with Crippen LogP contribution in [0.1, 0.15) is 6.92 Å². The summed E-state index contributed by atoms with van der Waals surface area (Å²) in [5.74, 6) is 1.16. The van der Waals surface area contributed by atoms with E-state index >= 15 is 0 Å². The molecule has 0 aromatic heterocycles. The van der Waals surface area contributed by atoms with Gasteiger partial charge in [-0.3, -0.25) is 0 Å². The van der Waals surface area contributed by atoms with Crippen molar-refractivity contribution in [2.45, 2.75) is 6.92 Å². The topological polar surface area (TPSA) is 9.23 Å². The average molecular weight is 307 g/mol. The first kappa shape index (κ1) is 11.1. The molecule has 0 aliphatic heterocycles. The van der Waals surface area contributed by atoms with Gasteiger partial charge in [0.1, 0.15) is 5.75 Å². The van der Waals surface area contributed by atoms with Crippen LogP contribution in [0, 0.1) is 12.8 Å². The highest BCUT2D eigenvalue weighted by atomic mass is 79.9. The summed E-state index contributed by atoms with van der Waals surface area (Å²) in [4.78, 5) is 0. The maximum Gasteiger partial charge on any atom is 0.133 e. The van der Waals surface area contributed by atoms with Gasteiger partial charge in [0.05, 0.1) is 11.1 Å². The number of rotatable bonds is 3. The van der Waals surface area contributed by atoms with Crippen LogP contribution in [0.15, 0.2) is 27.1 Å². The van der Waals surface area contributed by atoms with Gasteiger partial charge in [0, 0.05) is 4.47 Å². The van der Waals surface area contributed by atoms with Crippen LogP contribution in [-0.4, -0.2) is 6.61 Å². The zero-order chi connectivity index (χ0) is 9.84. The quantitative estimate of drug-likeness (QED) is 0.818. The summed E-state index contributed by atoms with van der Waals surface area (Å²) in [6, 6.07) is 5.84. The Labute approximate surface area is 95.7 Å². The third kappa shape index (κ3) is 3.69. The second-order valence-electron chi connectivity index (χ2n) is 2.99. The zero-order valence-electron chi connectivity index (χ0n) is 7.39. The number of ether oxygens (including phenoxy) is 1. The molecular weight excluding hydrogens is 296 g/mol. The minimum atomic E-state index is 0.301. The van der Waals surface area contributed by atoms with Gasteiger partial charge in [-0.25, -0.2) is 0 Å². The molecule has 1 nitrogen and oxygen atoms in total. The summed E-state index contributed by atoms with van der Waals surface area (Å²) < 4.78 is 7.52. The predicted octanol–water partition coefficient (Wildman–Crippen LogP) is 4.06. The fourth-order valence-electron chi connectivity index (χ4n) is 0.824. The van der Waals surface area contributed by atoms with Crippen molar-refractivity contribution >= 4 is 31.9 Å². The Morgan fingerprint density at radius 2 is 2.15 bits per heavy atom. The summed E-state index contributed by atoms with van der Waals surface area (Å²) in [7, 11) is 0. The summed E-state index contributed by atoms with van der Waals surface area (Å²) in [5.41, 5.74) is 0. The van der Waals surface area contributed by atoms with E-state index < -0.39 is 0 Å². The molecule has 0 saturated carbocycles. The van der Waals surface area contributed by atoms with Crippen LogP contribution in [0.5, 0.6) is 5.75 Å². The van der Waals surface area contributed by atoms with Crippen LogP contribution in [0.3, 0.4) is 0 Å². The lowest BCUT2D eigenvalue weighted by Crippen LogP contribution is -2.04. The molecule has 0 aliphatic carbocycles. The van der Waals surface area contributed by atoms with Crippen LogP contribution in [0.4, 0.5) is 0 Å². The molecule has 1 aromatic rings. The predicted molar refractivity (Wildman–Crippen MR) is 61.9 cm³/mol. The fourth-order valence-corrected chi connectivity index (χ4v) is 1.99. The van der Waals surface area contributed by atoms with Crippen LogP contribution in [0.25, 0.3) is 0 Å². The Balaban J connectivity index is 2.67. The van der Waals surface area contributed by atoms with Crippen LogP contribution in [-0.2, 0) is 0 Å². The van der Waals surface area contributed by atoms with Crippen molar-refractivity contribution in [3.63, 3.8) is 0 Å². The van der Waals surface area contributed by atoms with E-state index in [9.17, 15) is 0 Å². The first-order chi connectivity index (χ1) is 6.09. The summed E-state index contributed by atoms with van der Waals surface area (Å²) >= 11 is 6.80. The van der Waals surface area contributed by atoms with Gasteiger partial charge in [-0.15, -0.1) is 0 Å². The van der Waals surface area contributed by atoms with E-state index in [0.29, 0.717) is 12.5 Å². The van der Waals surface area contributed by atoms with Gasteiger partial charge in [-0.05, 0) is 47.0 Å². The number of halogens is 2. The van der Waals surface area contributed by atoms with Gasteiger partial charge in [0.25, 0.3) is 0 Å². The lowest BCUT2D eigenvalue weighted by atomic mass is 10.2. The molecule has 3 heteroatoms. The third-order valence-electron chi connectivity index (χ3n) is 1.42. The first-order valence-electron chi connectivity index (χ1n) is 4.00. The molecule has 1 atom stereocenters. The molecule has 0 spiro atoms. The molecule has 0 bridgehead atoms. The zero-order valence-corrected chi connectivity index (χ0v) is 10.6. The Morgan fingerprint density at radius 3 is 2.69 bits per heavy atom. The van der Waals surface area contributed by atoms with E-state index in [1.165, 1.54) is 0 Å². The van der Waals surface area contributed by atoms with E-state index in [1.54, 1.807) is 0 Å². The highest BCUT2D eigenvalue weighted by Crippen LogP contribution is 2.28. The Hall–Kier alpha value is -0.0200. The van der Waals surface area contributed by atoms with Gasteiger partial charge in [0.2, 0.25) is 0 Å². The number of hydrogen-bond acceptors (Lipinski definition) is 1. The van der Waals surface area contributed by atoms with Crippen molar-refractivity contribution in [1.29, 1.82) is 0 Å². The summed E-state index contributed by atoms with van der Waals surface area (Å²) in [5, 5.41) is 0. The van der Waals surface area contributed by atoms with Crippen LogP contribution < -0.4 is 4.74 Å². The molecular formula is C10H11Br2O. The monoisotopic (exact) mass is 305 g/mol. The van der Waals surface area contributed by atoms with Crippen molar-refractivity contribution in [2.75, 3.05) is 6.61 Å². The second-order valence-corrected chi connectivity index (χ2v) is 4.76. The van der Waals surface area contributed by atoms with E-state index in [1.807, 2.05) is 25.1 Å². The molecule has 71 valence electrons. The van der Waals surface area contributed by atoms with Gasteiger partial charge >= 0.3 is 0 Å². The molecule has 0 aliphatic rings. The SMILES string of the molecule is [CH2]C(C)COc1ccc(Br)cc1Br. The lowest BCUT2D eigenvalue weighted by Gasteiger charge is -2.10. The largest absolute Gasteiger partial charge is 0.492 e. The van der Waals surface area contributed by atoms with Crippen LogP contribution >= 0.6 is 31.9 Å². The average Bonchev–Trinajstić information content (AvgIpc) is 2.02. The van der Waals surface area contributed by atoms with Crippen molar-refractivity contribution in [1.82, 2.24) is 0 Å². The third-order valence-corrected chi connectivity index (χ3v) is 2.53. The molecule has 1 aromatic carbocycles. The Bertz CT molecular complexity index is 284. The van der Waals surface area contributed by atoms with E-state index in [0.717, 1.165) is 14.7 Å². The number of hydrogen-bond donors (Lipinski definition) is 0. The highest BCUT2D eigenvalue weighted by molar-refractivity contribution is 9.11. The second kappa shape index (κ2) is 5.01. The Kier molecular flexibility index (Phi) is 4.26. The normalized spacial score (nSPS) is 10.5. The maximum absolute atomic E-state index is 5.52. The standard InChI is InChI=1S/C10H11Br2O/c1-7(2)6-13-10-4-3-8(11)5-9(10)12/h3-5,7H,1,6H2,2H3. The molecule has 0 N–H and O–H groups in total. The molecule has 1 unspecified atom stereocenters. The smallest absolute Gasteiger partial charge is 0.133 e. The molecule has 0 fully saturated rings. The van der Waals surface area contributed by atoms with Crippen molar-refractivity contribution in [3.05, 3.63) is 34.1 Å². The summed E-state index contributed by atoms with van der Waals surface area (Å²) in [6.07, 6.45) is 0. The van der Waals surface area contributed by atoms with Crippen LogP contribution in [0.2, 0.25) is 0 Å². The van der Waals surface area contributed by atoms with E-state index in [4.69, 9.17) is 4.74 Å².